The minimum Gasteiger partial charge on any atom is -0.480 e. The summed E-state index contributed by atoms with van der Waals surface area (Å²) in [6.45, 7) is 1.87. The van der Waals surface area contributed by atoms with Crippen LogP contribution in [-0.4, -0.2) is 53.8 Å². The molecule has 0 fully saturated rings. The first-order chi connectivity index (χ1) is 15.4. The van der Waals surface area contributed by atoms with Crippen LogP contribution in [-0.2, 0) is 14.3 Å². The highest BCUT2D eigenvalue weighted by Crippen LogP contribution is 2.44. The van der Waals surface area contributed by atoms with Crippen molar-refractivity contribution in [2.24, 2.45) is 0 Å². The third-order valence-corrected chi connectivity index (χ3v) is 6.09. The smallest absolute Gasteiger partial charge is 0.407 e. The summed E-state index contributed by atoms with van der Waals surface area (Å²) in [5.41, 5.74) is 4.55. The number of fused-ring (bicyclic) bond motifs is 3. The molecule has 0 bridgehead atoms. The molecule has 1 aliphatic carbocycles. The van der Waals surface area contributed by atoms with Crippen molar-refractivity contribution >= 4 is 29.7 Å². The van der Waals surface area contributed by atoms with Crippen LogP contribution in [0.4, 0.5) is 4.79 Å². The minimum absolute atomic E-state index is 0.0345. The predicted molar refractivity (Wildman–Crippen MR) is 125 cm³/mol. The van der Waals surface area contributed by atoms with Gasteiger partial charge in [-0.15, -0.1) is 0 Å². The summed E-state index contributed by atoms with van der Waals surface area (Å²) in [4.78, 5) is 35.8. The fraction of sp³-hybridized carbons (Fsp3) is 0.375. The van der Waals surface area contributed by atoms with Crippen molar-refractivity contribution in [3.8, 4) is 11.1 Å². The average Bonchev–Trinajstić information content (AvgIpc) is 3.08. The largest absolute Gasteiger partial charge is 0.480 e. The lowest BCUT2D eigenvalue weighted by molar-refractivity contribution is -0.141. The molecule has 2 aromatic carbocycles. The quantitative estimate of drug-likeness (QED) is 0.504. The molecule has 3 N–H and O–H groups in total. The summed E-state index contributed by atoms with van der Waals surface area (Å²) < 4.78 is 5.49. The average molecular weight is 457 g/mol. The minimum atomic E-state index is -1.07. The monoisotopic (exact) mass is 456 g/mol. The predicted octanol–water partition coefficient (Wildman–Crippen LogP) is 3.63. The number of hydrogen-bond acceptors (Lipinski definition) is 5. The summed E-state index contributed by atoms with van der Waals surface area (Å²) in [6, 6.07) is 14.7. The summed E-state index contributed by atoms with van der Waals surface area (Å²) in [5.74, 6) is -0.904. The molecule has 32 heavy (non-hydrogen) atoms. The van der Waals surface area contributed by atoms with Gasteiger partial charge in [0.2, 0.25) is 5.91 Å². The third kappa shape index (κ3) is 5.82. The zero-order valence-corrected chi connectivity index (χ0v) is 19.0. The van der Waals surface area contributed by atoms with Gasteiger partial charge in [0, 0.05) is 18.4 Å². The SMILES string of the molecule is CSCCC(NC(=O)C[C@H](C)NC(=O)OCC1c2ccccc2-c2ccccc21)C(=O)O. The first-order valence-electron chi connectivity index (χ1n) is 10.5. The number of aliphatic carboxylic acids is 1. The van der Waals surface area contributed by atoms with Gasteiger partial charge in [0.25, 0.3) is 0 Å². The van der Waals surface area contributed by atoms with E-state index in [4.69, 9.17) is 4.74 Å². The lowest BCUT2D eigenvalue weighted by atomic mass is 9.98. The first-order valence-corrected chi connectivity index (χ1v) is 11.9. The number of carbonyl (C=O) groups is 3. The number of carboxylic acids is 1. The van der Waals surface area contributed by atoms with Crippen molar-refractivity contribution < 1.29 is 24.2 Å². The number of nitrogens with one attached hydrogen (secondary N) is 2. The van der Waals surface area contributed by atoms with Crippen LogP contribution in [0, 0.1) is 0 Å². The Hall–Kier alpha value is -3.00. The number of benzene rings is 2. The standard InChI is InChI=1S/C24H28N2O5S/c1-15(13-22(27)26-21(23(28)29)11-12-32-2)25-24(30)31-14-20-18-9-5-3-7-16(18)17-8-4-6-10-19(17)20/h3-10,15,20-21H,11-14H2,1-2H3,(H,25,30)(H,26,27)(H,28,29)/t15-,21?/m0/s1. The van der Waals surface area contributed by atoms with Crippen LogP contribution in [0.25, 0.3) is 11.1 Å². The van der Waals surface area contributed by atoms with E-state index in [1.54, 1.807) is 6.92 Å². The second-order valence-electron chi connectivity index (χ2n) is 7.81. The van der Waals surface area contributed by atoms with Crippen molar-refractivity contribution in [1.29, 1.82) is 0 Å². The number of amides is 2. The van der Waals surface area contributed by atoms with E-state index in [1.165, 1.54) is 11.8 Å². The van der Waals surface area contributed by atoms with Gasteiger partial charge in [-0.3, -0.25) is 4.79 Å². The maximum absolute atomic E-state index is 12.3. The number of alkyl carbamates (subject to hydrolysis) is 1. The van der Waals surface area contributed by atoms with Crippen LogP contribution < -0.4 is 10.6 Å². The molecule has 0 heterocycles. The number of rotatable bonds is 10. The molecule has 2 aromatic rings. The molecule has 0 spiro atoms. The van der Waals surface area contributed by atoms with Gasteiger partial charge in [0.05, 0.1) is 0 Å². The molecular formula is C24H28N2O5S. The maximum atomic E-state index is 12.3. The summed E-state index contributed by atoms with van der Waals surface area (Å²) >= 11 is 1.52. The molecule has 3 rings (SSSR count). The van der Waals surface area contributed by atoms with Crippen LogP contribution in [0.3, 0.4) is 0 Å². The van der Waals surface area contributed by atoms with Crippen molar-refractivity contribution in [2.75, 3.05) is 18.6 Å². The van der Waals surface area contributed by atoms with Crippen LogP contribution in [0.5, 0.6) is 0 Å². The topological polar surface area (TPSA) is 105 Å². The van der Waals surface area contributed by atoms with Crippen molar-refractivity contribution in [3.05, 3.63) is 59.7 Å². The molecule has 7 nitrogen and oxygen atoms in total. The number of thioether (sulfide) groups is 1. The highest BCUT2D eigenvalue weighted by molar-refractivity contribution is 7.98. The molecule has 0 radical (unpaired) electrons. The summed E-state index contributed by atoms with van der Waals surface area (Å²) in [7, 11) is 0. The Morgan fingerprint density at radius 2 is 1.62 bits per heavy atom. The van der Waals surface area contributed by atoms with Gasteiger partial charge in [0.15, 0.2) is 0 Å². The van der Waals surface area contributed by atoms with E-state index in [0.29, 0.717) is 12.2 Å². The fourth-order valence-electron chi connectivity index (χ4n) is 3.92. The molecule has 0 aromatic heterocycles. The van der Waals surface area contributed by atoms with Crippen LogP contribution in [0.15, 0.2) is 48.5 Å². The molecule has 2 amide bonds. The maximum Gasteiger partial charge on any atom is 0.407 e. The van der Waals surface area contributed by atoms with Gasteiger partial charge in [-0.2, -0.15) is 11.8 Å². The Labute approximate surface area is 191 Å². The normalized spacial score (nSPS) is 14.1. The van der Waals surface area contributed by atoms with Gasteiger partial charge in [-0.25, -0.2) is 9.59 Å². The van der Waals surface area contributed by atoms with E-state index in [9.17, 15) is 19.5 Å². The van der Waals surface area contributed by atoms with E-state index in [2.05, 4.69) is 22.8 Å². The number of carboxylic acid groups (broad SMARTS) is 1. The highest BCUT2D eigenvalue weighted by Gasteiger charge is 2.29. The molecule has 0 saturated carbocycles. The Morgan fingerprint density at radius 1 is 1.03 bits per heavy atom. The fourth-order valence-corrected chi connectivity index (χ4v) is 4.39. The Kier molecular flexibility index (Phi) is 8.16. The van der Waals surface area contributed by atoms with Crippen LogP contribution in [0.2, 0.25) is 0 Å². The Balaban J connectivity index is 1.51. The number of ether oxygens (including phenoxy) is 1. The molecule has 2 atom stereocenters. The third-order valence-electron chi connectivity index (χ3n) is 5.44. The zero-order chi connectivity index (χ0) is 23.1. The summed E-state index contributed by atoms with van der Waals surface area (Å²) in [6.07, 6.45) is 1.58. The molecule has 0 aliphatic heterocycles. The highest BCUT2D eigenvalue weighted by atomic mass is 32.2. The second-order valence-corrected chi connectivity index (χ2v) is 8.80. The number of carbonyl (C=O) groups excluding carboxylic acids is 2. The van der Waals surface area contributed by atoms with Gasteiger partial charge in [-0.05, 0) is 47.6 Å². The van der Waals surface area contributed by atoms with E-state index in [1.807, 2.05) is 42.7 Å². The summed E-state index contributed by atoms with van der Waals surface area (Å²) in [5, 5.41) is 14.4. The van der Waals surface area contributed by atoms with Gasteiger partial charge < -0.3 is 20.5 Å². The molecular weight excluding hydrogens is 428 g/mol. The molecule has 8 heteroatoms. The van der Waals surface area contributed by atoms with Gasteiger partial charge in [0.1, 0.15) is 12.6 Å². The molecule has 1 unspecified atom stereocenters. The number of hydrogen-bond donors (Lipinski definition) is 3. The Bertz CT molecular complexity index is 935. The second kappa shape index (κ2) is 11.0. The molecule has 1 aliphatic rings. The van der Waals surface area contributed by atoms with Crippen LogP contribution >= 0.6 is 11.8 Å². The molecule has 0 saturated heterocycles. The van der Waals surface area contributed by atoms with E-state index in [-0.39, 0.29) is 18.9 Å². The lowest BCUT2D eigenvalue weighted by Crippen LogP contribution is -2.44. The Morgan fingerprint density at radius 3 is 2.19 bits per heavy atom. The van der Waals surface area contributed by atoms with Crippen molar-refractivity contribution in [2.45, 2.75) is 37.8 Å². The van der Waals surface area contributed by atoms with Crippen molar-refractivity contribution in [1.82, 2.24) is 10.6 Å². The zero-order valence-electron chi connectivity index (χ0n) is 18.2. The molecule has 170 valence electrons. The van der Waals surface area contributed by atoms with Crippen molar-refractivity contribution in [3.63, 3.8) is 0 Å². The van der Waals surface area contributed by atoms with E-state index < -0.39 is 30.1 Å². The van der Waals surface area contributed by atoms with Crippen LogP contribution in [0.1, 0.15) is 36.8 Å². The first kappa shape index (κ1) is 23.7. The lowest BCUT2D eigenvalue weighted by Gasteiger charge is -2.18. The van der Waals surface area contributed by atoms with E-state index >= 15 is 0 Å². The van der Waals surface area contributed by atoms with Gasteiger partial charge in [-0.1, -0.05) is 48.5 Å². The van der Waals surface area contributed by atoms with Gasteiger partial charge >= 0.3 is 12.1 Å². The van der Waals surface area contributed by atoms with E-state index in [0.717, 1.165) is 22.3 Å².